The van der Waals surface area contributed by atoms with E-state index in [0.29, 0.717) is 24.0 Å². The lowest BCUT2D eigenvalue weighted by Gasteiger charge is -2.40. The molecule has 0 bridgehead atoms. The summed E-state index contributed by atoms with van der Waals surface area (Å²) in [6.07, 6.45) is -0.434. The molecule has 1 aromatic rings. The van der Waals surface area contributed by atoms with E-state index in [-0.39, 0.29) is 24.2 Å². The molecule has 2 aliphatic rings. The zero-order valence-corrected chi connectivity index (χ0v) is 16.7. The first-order chi connectivity index (χ1) is 13.5. The van der Waals surface area contributed by atoms with Gasteiger partial charge in [0.1, 0.15) is 10.6 Å². The van der Waals surface area contributed by atoms with Crippen LogP contribution in [0.15, 0.2) is 59.6 Å². The van der Waals surface area contributed by atoms with Crippen LogP contribution in [0.2, 0.25) is 0 Å². The molecule has 156 valence electrons. The van der Waals surface area contributed by atoms with Gasteiger partial charge >= 0.3 is 6.18 Å². The number of rotatable bonds is 4. The van der Waals surface area contributed by atoms with Gasteiger partial charge in [0.25, 0.3) is 0 Å². The summed E-state index contributed by atoms with van der Waals surface area (Å²) in [6, 6.07) is 3.93. The molecule has 0 spiro atoms. The lowest BCUT2D eigenvalue weighted by Crippen LogP contribution is -2.40. The second-order valence-corrected chi connectivity index (χ2v) is 9.82. The zero-order valence-electron chi connectivity index (χ0n) is 15.9. The Morgan fingerprint density at radius 1 is 1.03 bits per heavy atom. The van der Waals surface area contributed by atoms with E-state index in [0.717, 1.165) is 17.7 Å². The van der Waals surface area contributed by atoms with Gasteiger partial charge in [-0.3, -0.25) is 0 Å². The molecule has 7 heteroatoms. The van der Waals surface area contributed by atoms with Crippen molar-refractivity contribution in [2.75, 3.05) is 0 Å². The van der Waals surface area contributed by atoms with Crippen LogP contribution in [0.1, 0.15) is 49.7 Å². The Balaban J connectivity index is 2.17. The topological polar surface area (TPSA) is 34.1 Å². The molecule has 2 aliphatic carbocycles. The maximum Gasteiger partial charge on any atom is 0.412 e. The van der Waals surface area contributed by atoms with Crippen molar-refractivity contribution in [3.63, 3.8) is 0 Å². The standard InChI is InChI=1S/C22H22F4O2S/c1-3-16-4-7-18(23)14-20(16)21(12-10-15(2)11-13-21)29(27,28)19-8-5-17(6-9-19)22(24,25)26/h3-5,7-8,14H,1-2,6,9-13H2. The second kappa shape index (κ2) is 7.59. The van der Waals surface area contributed by atoms with Crippen LogP contribution in [-0.4, -0.2) is 14.6 Å². The van der Waals surface area contributed by atoms with E-state index in [1.807, 2.05) is 0 Å². The summed E-state index contributed by atoms with van der Waals surface area (Å²) in [5.41, 5.74) is 0.973. The number of benzene rings is 1. The van der Waals surface area contributed by atoms with Crippen molar-refractivity contribution in [1.82, 2.24) is 0 Å². The predicted molar refractivity (Wildman–Crippen MR) is 106 cm³/mol. The van der Waals surface area contributed by atoms with Gasteiger partial charge in [0, 0.05) is 10.5 Å². The third-order valence-electron chi connectivity index (χ3n) is 5.83. The van der Waals surface area contributed by atoms with Gasteiger partial charge in [-0.2, -0.15) is 13.2 Å². The predicted octanol–water partition coefficient (Wildman–Crippen LogP) is 6.38. The fourth-order valence-corrected chi connectivity index (χ4v) is 6.45. The molecule has 0 heterocycles. The highest BCUT2D eigenvalue weighted by Crippen LogP contribution is 2.50. The average molecular weight is 426 g/mol. The van der Waals surface area contributed by atoms with E-state index in [1.54, 1.807) is 0 Å². The maximum absolute atomic E-state index is 14.1. The van der Waals surface area contributed by atoms with Crippen LogP contribution in [0.3, 0.4) is 0 Å². The van der Waals surface area contributed by atoms with E-state index in [2.05, 4.69) is 13.2 Å². The molecule has 1 aromatic carbocycles. The number of sulfone groups is 1. The Bertz CT molecular complexity index is 1000. The Labute approximate surface area is 168 Å². The Kier molecular flexibility index (Phi) is 5.64. The highest BCUT2D eigenvalue weighted by molar-refractivity contribution is 7.96. The molecule has 3 rings (SSSR count). The lowest BCUT2D eigenvalue weighted by molar-refractivity contribution is -0.0940. The first kappa shape index (κ1) is 21.6. The number of hydrogen-bond acceptors (Lipinski definition) is 2. The number of halogens is 4. The van der Waals surface area contributed by atoms with Crippen molar-refractivity contribution >= 4 is 15.9 Å². The van der Waals surface area contributed by atoms with Gasteiger partial charge in [-0.15, -0.1) is 0 Å². The van der Waals surface area contributed by atoms with Gasteiger partial charge < -0.3 is 0 Å². The summed E-state index contributed by atoms with van der Waals surface area (Å²) >= 11 is 0. The van der Waals surface area contributed by atoms with Crippen LogP contribution in [0.25, 0.3) is 6.08 Å². The Morgan fingerprint density at radius 3 is 2.21 bits per heavy atom. The summed E-state index contributed by atoms with van der Waals surface area (Å²) in [7, 11) is -4.05. The fraction of sp³-hybridized carbons (Fsp3) is 0.364. The van der Waals surface area contributed by atoms with Crippen LogP contribution in [0, 0.1) is 5.82 Å². The number of allylic oxidation sites excluding steroid dienone is 5. The van der Waals surface area contributed by atoms with Gasteiger partial charge in [-0.25, -0.2) is 12.8 Å². The van der Waals surface area contributed by atoms with Crippen molar-refractivity contribution < 1.29 is 26.0 Å². The smallest absolute Gasteiger partial charge is 0.223 e. The van der Waals surface area contributed by atoms with Gasteiger partial charge in [0.2, 0.25) is 0 Å². The minimum Gasteiger partial charge on any atom is -0.223 e. The highest BCUT2D eigenvalue weighted by atomic mass is 32.2. The van der Waals surface area contributed by atoms with Crippen molar-refractivity contribution in [1.29, 1.82) is 0 Å². The monoisotopic (exact) mass is 426 g/mol. The first-order valence-electron chi connectivity index (χ1n) is 9.32. The first-order valence-corrected chi connectivity index (χ1v) is 10.8. The van der Waals surface area contributed by atoms with Crippen LogP contribution >= 0.6 is 0 Å². The summed E-state index contributed by atoms with van der Waals surface area (Å²) < 4.78 is 79.0. The normalized spacial score (nSPS) is 20.1. The molecule has 0 radical (unpaired) electrons. The van der Waals surface area contributed by atoms with Crippen molar-refractivity contribution in [3.05, 3.63) is 76.5 Å². The van der Waals surface area contributed by atoms with Crippen LogP contribution in [0.5, 0.6) is 0 Å². The average Bonchev–Trinajstić information content (AvgIpc) is 2.68. The molecule has 0 unspecified atom stereocenters. The fourth-order valence-electron chi connectivity index (χ4n) is 4.12. The third-order valence-corrected chi connectivity index (χ3v) is 8.51. The second-order valence-electron chi connectivity index (χ2n) is 7.51. The zero-order chi connectivity index (χ0) is 21.4. The third kappa shape index (κ3) is 3.84. The van der Waals surface area contributed by atoms with Crippen LogP contribution in [0.4, 0.5) is 17.6 Å². The largest absolute Gasteiger partial charge is 0.412 e. The molecule has 0 saturated heterocycles. The van der Waals surface area contributed by atoms with E-state index < -0.39 is 38.6 Å². The van der Waals surface area contributed by atoms with Crippen molar-refractivity contribution in [2.24, 2.45) is 0 Å². The molecule has 0 N–H and O–H groups in total. The minimum absolute atomic E-state index is 0.0442. The van der Waals surface area contributed by atoms with E-state index >= 15 is 0 Å². The molecule has 0 amide bonds. The van der Waals surface area contributed by atoms with E-state index in [1.165, 1.54) is 24.3 Å². The summed E-state index contributed by atoms with van der Waals surface area (Å²) in [5, 5.41) is 0. The molecule has 2 nitrogen and oxygen atoms in total. The summed E-state index contributed by atoms with van der Waals surface area (Å²) in [6.45, 7) is 7.64. The Hall–Kier alpha value is -2.15. The summed E-state index contributed by atoms with van der Waals surface area (Å²) in [4.78, 5) is -0.0442. The van der Waals surface area contributed by atoms with Crippen molar-refractivity contribution in [2.45, 2.75) is 49.4 Å². The molecular formula is C22H22F4O2S. The Morgan fingerprint density at radius 2 is 1.69 bits per heavy atom. The summed E-state index contributed by atoms with van der Waals surface area (Å²) in [5.74, 6) is -0.568. The number of hydrogen-bond donors (Lipinski definition) is 0. The number of alkyl halides is 3. The van der Waals surface area contributed by atoms with Crippen molar-refractivity contribution in [3.8, 4) is 0 Å². The minimum atomic E-state index is -4.48. The molecule has 0 aromatic heterocycles. The lowest BCUT2D eigenvalue weighted by atomic mass is 9.79. The maximum atomic E-state index is 14.1. The molecule has 1 saturated carbocycles. The van der Waals surface area contributed by atoms with E-state index in [9.17, 15) is 26.0 Å². The SMILES string of the molecule is C=Cc1ccc(F)cc1C1(S(=O)(=O)C2=CC=C(C(F)(F)F)CC2)CCC(=C)CC1. The quantitative estimate of drug-likeness (QED) is 0.414. The highest BCUT2D eigenvalue weighted by Gasteiger charge is 2.49. The van der Waals surface area contributed by atoms with Crippen LogP contribution in [-0.2, 0) is 14.6 Å². The van der Waals surface area contributed by atoms with Gasteiger partial charge in [0.05, 0.1) is 0 Å². The van der Waals surface area contributed by atoms with E-state index in [4.69, 9.17) is 0 Å². The molecule has 1 fully saturated rings. The van der Waals surface area contributed by atoms with Gasteiger partial charge in [0.15, 0.2) is 9.84 Å². The molecule has 0 aliphatic heterocycles. The van der Waals surface area contributed by atoms with Crippen LogP contribution < -0.4 is 0 Å². The van der Waals surface area contributed by atoms with Gasteiger partial charge in [-0.05, 0) is 67.9 Å². The molecule has 0 atom stereocenters. The molecular weight excluding hydrogens is 404 g/mol. The van der Waals surface area contributed by atoms with Gasteiger partial charge in [-0.1, -0.05) is 36.9 Å². The molecule has 29 heavy (non-hydrogen) atoms.